The number of hydrogen-bond donors (Lipinski definition) is 1. The minimum absolute atomic E-state index is 0.228. The molecule has 0 aliphatic heterocycles. The summed E-state index contributed by atoms with van der Waals surface area (Å²) in [6.07, 6.45) is 24.2. The summed E-state index contributed by atoms with van der Waals surface area (Å²) in [6.45, 7) is 4.00. The van der Waals surface area contributed by atoms with Crippen molar-refractivity contribution in [1.29, 1.82) is 0 Å². The second-order valence-corrected chi connectivity index (χ2v) is 10.4. The molecule has 1 unspecified atom stereocenters. The van der Waals surface area contributed by atoms with Crippen LogP contribution in [0.15, 0.2) is 24.3 Å². The molecule has 3 heteroatoms. The van der Waals surface area contributed by atoms with Crippen molar-refractivity contribution in [3.8, 4) is 0 Å². The first-order valence-electron chi connectivity index (χ1n) is 12.7. The standard InChI is InChI=1S/C27H43NO2/c1-3-21-4-6-22(7-5-21)14-17-27(30)28-26-15-12-25(13-16-26)19-24-10-8-23(9-11-24)18-20(2)29/h8,10,12,15,21-26H,3-7,9,11,13-14,16-19H2,1-2H3,(H,28,30)/t21?,22?,23?,24-,25+,26-/m1/s1. The van der Waals surface area contributed by atoms with Gasteiger partial charge < -0.3 is 10.1 Å². The summed E-state index contributed by atoms with van der Waals surface area (Å²) in [6, 6.07) is 0.228. The van der Waals surface area contributed by atoms with Gasteiger partial charge in [0.15, 0.2) is 0 Å². The van der Waals surface area contributed by atoms with Crippen LogP contribution in [0.25, 0.3) is 0 Å². The van der Waals surface area contributed by atoms with Gasteiger partial charge in [-0.2, -0.15) is 0 Å². The van der Waals surface area contributed by atoms with Crippen LogP contribution in [0.5, 0.6) is 0 Å². The smallest absolute Gasteiger partial charge is 0.220 e. The molecule has 1 saturated carbocycles. The molecule has 30 heavy (non-hydrogen) atoms. The van der Waals surface area contributed by atoms with Crippen LogP contribution in [0.2, 0.25) is 0 Å². The molecule has 0 aromatic heterocycles. The third-order valence-electron chi connectivity index (χ3n) is 7.85. The Balaban J connectivity index is 1.32. The third-order valence-corrected chi connectivity index (χ3v) is 7.85. The van der Waals surface area contributed by atoms with Crippen LogP contribution in [-0.2, 0) is 9.59 Å². The van der Waals surface area contributed by atoms with E-state index in [0.717, 1.165) is 31.1 Å². The lowest BCUT2D eigenvalue weighted by Gasteiger charge is -2.29. The molecule has 1 N–H and O–H groups in total. The normalized spacial score (nSPS) is 33.9. The summed E-state index contributed by atoms with van der Waals surface area (Å²) in [4.78, 5) is 23.7. The summed E-state index contributed by atoms with van der Waals surface area (Å²) in [5.74, 6) is 3.98. The first kappa shape index (κ1) is 23.3. The van der Waals surface area contributed by atoms with Crippen molar-refractivity contribution in [1.82, 2.24) is 5.32 Å². The maximum atomic E-state index is 12.4. The van der Waals surface area contributed by atoms with E-state index in [-0.39, 0.29) is 11.9 Å². The van der Waals surface area contributed by atoms with E-state index in [1.807, 2.05) is 0 Å². The van der Waals surface area contributed by atoms with Gasteiger partial charge in [-0.05, 0) is 75.0 Å². The Labute approximate surface area is 184 Å². The Morgan fingerprint density at radius 1 is 0.800 bits per heavy atom. The van der Waals surface area contributed by atoms with Crippen molar-refractivity contribution < 1.29 is 9.59 Å². The summed E-state index contributed by atoms with van der Waals surface area (Å²) in [7, 11) is 0. The molecule has 3 nitrogen and oxygen atoms in total. The molecule has 0 saturated heterocycles. The Kier molecular flexibility index (Phi) is 9.21. The highest BCUT2D eigenvalue weighted by molar-refractivity contribution is 5.76. The number of carbonyl (C=O) groups is 2. The minimum Gasteiger partial charge on any atom is -0.350 e. The number of rotatable bonds is 9. The molecule has 0 aromatic rings. The molecule has 0 aromatic carbocycles. The van der Waals surface area contributed by atoms with Crippen LogP contribution < -0.4 is 5.32 Å². The van der Waals surface area contributed by atoms with Crippen molar-refractivity contribution in [3.05, 3.63) is 24.3 Å². The predicted molar refractivity (Wildman–Crippen MR) is 124 cm³/mol. The number of carbonyl (C=O) groups excluding carboxylic acids is 2. The zero-order valence-corrected chi connectivity index (χ0v) is 19.3. The van der Waals surface area contributed by atoms with E-state index in [1.165, 1.54) is 51.4 Å². The van der Waals surface area contributed by atoms with Crippen molar-refractivity contribution in [2.24, 2.45) is 29.6 Å². The van der Waals surface area contributed by atoms with Crippen molar-refractivity contribution in [3.63, 3.8) is 0 Å². The van der Waals surface area contributed by atoms with Crippen molar-refractivity contribution >= 4 is 11.7 Å². The average Bonchev–Trinajstić information content (AvgIpc) is 2.75. The maximum absolute atomic E-state index is 12.4. The van der Waals surface area contributed by atoms with Gasteiger partial charge in [0.2, 0.25) is 5.91 Å². The number of amides is 1. The molecule has 4 atom stereocenters. The number of ketones is 1. The fraction of sp³-hybridized carbons (Fsp3) is 0.778. The van der Waals surface area contributed by atoms with E-state index in [0.29, 0.717) is 36.4 Å². The highest BCUT2D eigenvalue weighted by Gasteiger charge is 2.24. The largest absolute Gasteiger partial charge is 0.350 e. The summed E-state index contributed by atoms with van der Waals surface area (Å²) < 4.78 is 0. The lowest BCUT2D eigenvalue weighted by Crippen LogP contribution is -2.35. The summed E-state index contributed by atoms with van der Waals surface area (Å²) in [5, 5.41) is 3.25. The van der Waals surface area contributed by atoms with Crippen LogP contribution in [0.4, 0.5) is 0 Å². The molecule has 0 bridgehead atoms. The van der Waals surface area contributed by atoms with Crippen molar-refractivity contribution in [2.45, 2.75) is 103 Å². The second-order valence-electron chi connectivity index (χ2n) is 10.4. The van der Waals surface area contributed by atoms with Gasteiger partial charge in [0, 0.05) is 18.9 Å². The van der Waals surface area contributed by atoms with Gasteiger partial charge in [0.1, 0.15) is 5.78 Å². The quantitative estimate of drug-likeness (QED) is 0.445. The van der Waals surface area contributed by atoms with Gasteiger partial charge >= 0.3 is 0 Å². The first-order chi connectivity index (χ1) is 14.5. The molecule has 0 radical (unpaired) electrons. The molecule has 3 rings (SSSR count). The zero-order valence-electron chi connectivity index (χ0n) is 19.3. The number of nitrogens with one attached hydrogen (secondary N) is 1. The molecule has 168 valence electrons. The van der Waals surface area contributed by atoms with Gasteiger partial charge in [-0.1, -0.05) is 63.3 Å². The average molecular weight is 414 g/mol. The van der Waals surface area contributed by atoms with Gasteiger partial charge in [0.25, 0.3) is 0 Å². The van der Waals surface area contributed by atoms with Gasteiger partial charge in [-0.15, -0.1) is 0 Å². The van der Waals surface area contributed by atoms with Gasteiger partial charge in [-0.3, -0.25) is 4.79 Å². The molecular formula is C27H43NO2. The number of Topliss-reactive ketones (excluding diaryl/α,β-unsaturated/α-hetero) is 1. The number of hydrogen-bond acceptors (Lipinski definition) is 2. The van der Waals surface area contributed by atoms with Crippen LogP contribution in [0.3, 0.4) is 0 Å². The molecule has 3 aliphatic carbocycles. The molecule has 1 fully saturated rings. The van der Waals surface area contributed by atoms with Crippen LogP contribution in [0, 0.1) is 29.6 Å². The molecule has 1 amide bonds. The lowest BCUT2D eigenvalue weighted by molar-refractivity contribution is -0.122. The van der Waals surface area contributed by atoms with E-state index in [2.05, 4.69) is 36.5 Å². The molecule has 0 heterocycles. The molecule has 3 aliphatic rings. The van der Waals surface area contributed by atoms with Crippen LogP contribution in [-0.4, -0.2) is 17.7 Å². The molecular weight excluding hydrogens is 370 g/mol. The minimum atomic E-state index is 0.228. The SMILES string of the molecule is CCC1CCC(CCC(=O)N[C@@H]2C=C[C@H](C[C@@H]3C=CC(CC(C)=O)CC3)CC2)CC1. The summed E-state index contributed by atoms with van der Waals surface area (Å²) in [5.41, 5.74) is 0. The van der Waals surface area contributed by atoms with E-state index >= 15 is 0 Å². The van der Waals surface area contributed by atoms with Crippen molar-refractivity contribution in [2.75, 3.05) is 0 Å². The van der Waals surface area contributed by atoms with Crippen LogP contribution in [0.1, 0.15) is 97.3 Å². The highest BCUT2D eigenvalue weighted by Crippen LogP contribution is 2.34. The van der Waals surface area contributed by atoms with E-state index in [1.54, 1.807) is 6.92 Å². The Bertz CT molecular complexity index is 614. The topological polar surface area (TPSA) is 46.2 Å². The van der Waals surface area contributed by atoms with E-state index < -0.39 is 0 Å². The van der Waals surface area contributed by atoms with E-state index in [4.69, 9.17) is 0 Å². The Morgan fingerprint density at radius 2 is 1.40 bits per heavy atom. The van der Waals surface area contributed by atoms with E-state index in [9.17, 15) is 9.59 Å². The number of allylic oxidation sites excluding steroid dienone is 3. The lowest BCUT2D eigenvalue weighted by atomic mass is 9.79. The third kappa shape index (κ3) is 7.71. The van der Waals surface area contributed by atoms with Crippen LogP contribution >= 0.6 is 0 Å². The predicted octanol–water partition coefficient (Wildman–Crippen LogP) is 6.39. The fourth-order valence-electron chi connectivity index (χ4n) is 5.80. The second kappa shape index (κ2) is 11.9. The van der Waals surface area contributed by atoms with Gasteiger partial charge in [-0.25, -0.2) is 0 Å². The fourth-order valence-corrected chi connectivity index (χ4v) is 5.80. The first-order valence-corrected chi connectivity index (χ1v) is 12.7. The molecule has 0 spiro atoms. The highest BCUT2D eigenvalue weighted by atomic mass is 16.1. The monoisotopic (exact) mass is 413 g/mol. The maximum Gasteiger partial charge on any atom is 0.220 e. The Hall–Kier alpha value is -1.38. The zero-order chi connectivity index (χ0) is 21.3. The van der Waals surface area contributed by atoms with Gasteiger partial charge in [0.05, 0.1) is 0 Å². The Morgan fingerprint density at radius 3 is 1.97 bits per heavy atom. The summed E-state index contributed by atoms with van der Waals surface area (Å²) >= 11 is 0.